The van der Waals surface area contributed by atoms with Gasteiger partial charge in [0.15, 0.2) is 0 Å². The summed E-state index contributed by atoms with van der Waals surface area (Å²) in [7, 11) is 0. The molecule has 0 fully saturated rings. The molecule has 0 aliphatic heterocycles. The lowest BCUT2D eigenvalue weighted by molar-refractivity contribution is 1.32. The van der Waals surface area contributed by atoms with Crippen LogP contribution in [-0.2, 0) is 0 Å². The van der Waals surface area contributed by atoms with Crippen molar-refractivity contribution in [2.24, 2.45) is 0 Å². The Bertz CT molecular complexity index is 360. The van der Waals surface area contributed by atoms with E-state index in [1.807, 2.05) is 6.07 Å². The van der Waals surface area contributed by atoms with Gasteiger partial charge in [0.2, 0.25) is 0 Å². The van der Waals surface area contributed by atoms with Crippen LogP contribution in [0.3, 0.4) is 0 Å². The van der Waals surface area contributed by atoms with Crippen LogP contribution in [0, 0.1) is 11.3 Å². The minimum Gasteiger partial charge on any atom is -0.371 e. The van der Waals surface area contributed by atoms with E-state index in [-0.39, 0.29) is 6.54 Å². The topological polar surface area (TPSA) is 35.8 Å². The summed E-state index contributed by atoms with van der Waals surface area (Å²) in [5.41, 5.74) is 0.663. The van der Waals surface area contributed by atoms with E-state index in [0.29, 0.717) is 15.7 Å². The molecule has 0 heterocycles. The molecule has 0 atom stereocenters. The average molecular weight is 280 g/mol. The van der Waals surface area contributed by atoms with Crippen molar-refractivity contribution in [3.8, 4) is 6.07 Å². The first kappa shape index (κ1) is 10.6. The molecule has 2 nitrogen and oxygen atoms in total. The van der Waals surface area contributed by atoms with Crippen LogP contribution in [0.4, 0.5) is 5.69 Å². The number of hydrogen-bond donors (Lipinski definition) is 1. The molecule has 0 radical (unpaired) electrons. The number of hydrogen-bond acceptors (Lipinski definition) is 2. The Balaban J connectivity index is 2.98. The fourth-order valence-corrected chi connectivity index (χ4v) is 1.64. The van der Waals surface area contributed by atoms with E-state index in [9.17, 15) is 0 Å². The van der Waals surface area contributed by atoms with E-state index in [4.69, 9.17) is 28.5 Å². The maximum atomic E-state index is 8.34. The summed E-state index contributed by atoms with van der Waals surface area (Å²) in [6.07, 6.45) is 0. The monoisotopic (exact) mass is 278 g/mol. The van der Waals surface area contributed by atoms with Crippen LogP contribution in [0.25, 0.3) is 0 Å². The highest BCUT2D eigenvalue weighted by atomic mass is 79.9. The summed E-state index contributed by atoms with van der Waals surface area (Å²) in [6.45, 7) is 0.206. The SMILES string of the molecule is N#CCNc1ccc(Br)c(Cl)c1Cl. The third kappa shape index (κ3) is 2.50. The van der Waals surface area contributed by atoms with Crippen LogP contribution in [0.1, 0.15) is 0 Å². The second-order valence-corrected chi connectivity index (χ2v) is 3.84. The van der Waals surface area contributed by atoms with E-state index in [2.05, 4.69) is 21.2 Å². The summed E-state index contributed by atoms with van der Waals surface area (Å²) in [6, 6.07) is 5.48. The van der Waals surface area contributed by atoms with E-state index in [0.717, 1.165) is 4.47 Å². The highest BCUT2D eigenvalue weighted by Gasteiger charge is 2.07. The van der Waals surface area contributed by atoms with Crippen LogP contribution in [0.5, 0.6) is 0 Å². The summed E-state index contributed by atoms with van der Waals surface area (Å²) >= 11 is 15.0. The van der Waals surface area contributed by atoms with Crippen molar-refractivity contribution in [1.82, 2.24) is 0 Å². The van der Waals surface area contributed by atoms with Gasteiger partial charge in [0.05, 0.1) is 21.8 Å². The zero-order chi connectivity index (χ0) is 9.84. The van der Waals surface area contributed by atoms with Crippen molar-refractivity contribution in [3.05, 3.63) is 26.7 Å². The van der Waals surface area contributed by atoms with Crippen molar-refractivity contribution >= 4 is 44.8 Å². The molecular weight excluding hydrogens is 275 g/mol. The molecule has 0 spiro atoms. The molecule has 0 saturated heterocycles. The predicted octanol–water partition coefficient (Wildman–Crippen LogP) is 3.69. The van der Waals surface area contributed by atoms with Gasteiger partial charge in [-0.15, -0.1) is 0 Å². The Kier molecular flexibility index (Phi) is 3.86. The van der Waals surface area contributed by atoms with Gasteiger partial charge in [-0.1, -0.05) is 23.2 Å². The van der Waals surface area contributed by atoms with Gasteiger partial charge in [0.25, 0.3) is 0 Å². The predicted molar refractivity (Wildman–Crippen MR) is 58.3 cm³/mol. The highest BCUT2D eigenvalue weighted by Crippen LogP contribution is 2.35. The molecule has 1 N–H and O–H groups in total. The smallest absolute Gasteiger partial charge is 0.103 e. The summed E-state index contributed by atoms with van der Waals surface area (Å²) < 4.78 is 0.738. The zero-order valence-corrected chi connectivity index (χ0v) is 9.54. The normalized spacial score (nSPS) is 9.38. The third-order valence-electron chi connectivity index (χ3n) is 1.39. The Morgan fingerprint density at radius 1 is 1.38 bits per heavy atom. The fourth-order valence-electron chi connectivity index (χ4n) is 0.797. The van der Waals surface area contributed by atoms with Gasteiger partial charge in [-0.25, -0.2) is 0 Å². The second-order valence-electron chi connectivity index (χ2n) is 2.23. The number of nitrogens with zero attached hydrogens (tertiary/aromatic N) is 1. The Morgan fingerprint density at radius 3 is 2.69 bits per heavy atom. The maximum Gasteiger partial charge on any atom is 0.103 e. The van der Waals surface area contributed by atoms with Crippen molar-refractivity contribution in [2.75, 3.05) is 11.9 Å². The highest BCUT2D eigenvalue weighted by molar-refractivity contribution is 9.10. The summed E-state index contributed by atoms with van der Waals surface area (Å²) in [5.74, 6) is 0. The Hall–Kier alpha value is -0.430. The molecule has 0 aromatic heterocycles. The summed E-state index contributed by atoms with van der Waals surface area (Å²) in [5, 5.41) is 12.0. The van der Waals surface area contributed by atoms with Gasteiger partial charge in [0, 0.05) is 4.47 Å². The number of rotatable bonds is 2. The lowest BCUT2D eigenvalue weighted by atomic mass is 10.3. The number of halogens is 3. The van der Waals surface area contributed by atoms with E-state index in [1.54, 1.807) is 12.1 Å². The van der Waals surface area contributed by atoms with E-state index >= 15 is 0 Å². The van der Waals surface area contributed by atoms with Gasteiger partial charge in [-0.3, -0.25) is 0 Å². The summed E-state index contributed by atoms with van der Waals surface area (Å²) in [4.78, 5) is 0. The molecule has 0 aliphatic rings. The minimum atomic E-state index is 0.206. The largest absolute Gasteiger partial charge is 0.371 e. The first-order valence-electron chi connectivity index (χ1n) is 3.41. The van der Waals surface area contributed by atoms with Crippen LogP contribution >= 0.6 is 39.1 Å². The zero-order valence-electron chi connectivity index (χ0n) is 6.44. The number of nitrogens with one attached hydrogen (secondary N) is 1. The number of anilines is 1. The minimum absolute atomic E-state index is 0.206. The van der Waals surface area contributed by atoms with Crippen molar-refractivity contribution < 1.29 is 0 Å². The quantitative estimate of drug-likeness (QED) is 0.662. The van der Waals surface area contributed by atoms with Crippen LogP contribution in [0.15, 0.2) is 16.6 Å². The fraction of sp³-hybridized carbons (Fsp3) is 0.125. The van der Waals surface area contributed by atoms with E-state index in [1.165, 1.54) is 0 Å². The first-order chi connectivity index (χ1) is 6.16. The van der Waals surface area contributed by atoms with Gasteiger partial charge in [0.1, 0.15) is 6.54 Å². The van der Waals surface area contributed by atoms with E-state index < -0.39 is 0 Å². The molecule has 0 unspecified atom stereocenters. The average Bonchev–Trinajstić information content (AvgIpc) is 2.13. The lowest BCUT2D eigenvalue weighted by Crippen LogP contribution is -1.98. The molecule has 0 amide bonds. The van der Waals surface area contributed by atoms with Gasteiger partial charge in [-0.05, 0) is 28.1 Å². The van der Waals surface area contributed by atoms with Gasteiger partial charge in [-0.2, -0.15) is 5.26 Å². The molecule has 1 rings (SSSR count). The Labute approximate surface area is 94.6 Å². The first-order valence-corrected chi connectivity index (χ1v) is 4.96. The molecule has 5 heteroatoms. The van der Waals surface area contributed by atoms with Crippen LogP contribution in [-0.4, -0.2) is 6.54 Å². The lowest BCUT2D eigenvalue weighted by Gasteiger charge is -2.06. The molecule has 68 valence electrons. The van der Waals surface area contributed by atoms with Crippen molar-refractivity contribution in [3.63, 3.8) is 0 Å². The third-order valence-corrected chi connectivity index (χ3v) is 3.16. The molecule has 0 saturated carbocycles. The maximum absolute atomic E-state index is 8.34. The molecule has 0 aliphatic carbocycles. The second kappa shape index (κ2) is 4.71. The molecule has 1 aromatic carbocycles. The molecule has 0 bridgehead atoms. The van der Waals surface area contributed by atoms with Gasteiger partial charge < -0.3 is 5.32 Å². The molecule has 13 heavy (non-hydrogen) atoms. The van der Waals surface area contributed by atoms with Crippen molar-refractivity contribution in [2.45, 2.75) is 0 Å². The van der Waals surface area contributed by atoms with Gasteiger partial charge >= 0.3 is 0 Å². The van der Waals surface area contributed by atoms with Crippen molar-refractivity contribution in [1.29, 1.82) is 5.26 Å². The molecule has 1 aromatic rings. The Morgan fingerprint density at radius 2 is 2.08 bits per heavy atom. The van der Waals surface area contributed by atoms with Crippen LogP contribution < -0.4 is 5.32 Å². The number of benzene rings is 1. The molecular formula is C8H5BrCl2N2. The number of nitriles is 1. The van der Waals surface area contributed by atoms with Crippen LogP contribution in [0.2, 0.25) is 10.0 Å². The standard InChI is InChI=1S/C8H5BrCl2N2/c9-5-1-2-6(13-4-3-12)8(11)7(5)10/h1-2,13H,4H2.